The Labute approximate surface area is 152 Å². The number of rotatable bonds is 5. The fourth-order valence-corrected chi connectivity index (χ4v) is 3.02. The molecule has 26 heavy (non-hydrogen) atoms. The molecule has 1 amide bonds. The Hall–Kier alpha value is -3.34. The van der Waals surface area contributed by atoms with Crippen LogP contribution >= 0.6 is 0 Å². The summed E-state index contributed by atoms with van der Waals surface area (Å²) in [5, 5.41) is 6.15. The molecule has 2 aromatic carbocycles. The van der Waals surface area contributed by atoms with Crippen molar-refractivity contribution in [3.05, 3.63) is 77.1 Å². The summed E-state index contributed by atoms with van der Waals surface area (Å²) >= 11 is 0. The molecule has 0 aliphatic rings. The van der Waals surface area contributed by atoms with Crippen LogP contribution in [0.25, 0.3) is 0 Å². The zero-order valence-corrected chi connectivity index (χ0v) is 15.0. The number of carbonyl (C=O) groups excluding carboxylic acids is 2. The molecule has 0 saturated carbocycles. The summed E-state index contributed by atoms with van der Waals surface area (Å²) in [7, 11) is 0. The van der Waals surface area contributed by atoms with Gasteiger partial charge in [-0.1, -0.05) is 18.2 Å². The number of hydrogen-bond donors (Lipinski definition) is 3. The summed E-state index contributed by atoms with van der Waals surface area (Å²) < 4.78 is 0. The van der Waals surface area contributed by atoms with Crippen molar-refractivity contribution >= 4 is 28.8 Å². The standard InChI is InChI=1S/C21H21N3O2/c1-13-19(15(3)25)14(2)22-20(13)21(26)24-18-11-9-17(10-12-18)23-16-7-5-4-6-8-16/h4-12,22-23H,1-3H3,(H,24,26). The summed E-state index contributed by atoms with van der Waals surface area (Å²) in [6.45, 7) is 5.08. The number of nitrogens with one attached hydrogen (secondary N) is 3. The van der Waals surface area contributed by atoms with Crippen molar-refractivity contribution in [2.75, 3.05) is 10.6 Å². The maximum absolute atomic E-state index is 12.5. The van der Waals surface area contributed by atoms with E-state index in [4.69, 9.17) is 0 Å². The van der Waals surface area contributed by atoms with Gasteiger partial charge in [-0.2, -0.15) is 0 Å². The quantitative estimate of drug-likeness (QED) is 0.579. The first kappa shape index (κ1) is 17.5. The van der Waals surface area contributed by atoms with E-state index in [9.17, 15) is 9.59 Å². The molecular formula is C21H21N3O2. The number of aromatic amines is 1. The molecule has 1 heterocycles. The van der Waals surface area contributed by atoms with Crippen molar-refractivity contribution in [1.29, 1.82) is 0 Å². The van der Waals surface area contributed by atoms with Crippen molar-refractivity contribution in [3.8, 4) is 0 Å². The number of carbonyl (C=O) groups is 2. The molecule has 3 rings (SSSR count). The van der Waals surface area contributed by atoms with E-state index < -0.39 is 0 Å². The lowest BCUT2D eigenvalue weighted by atomic mass is 10.1. The first-order chi connectivity index (χ1) is 12.5. The van der Waals surface area contributed by atoms with Crippen LogP contribution in [0.15, 0.2) is 54.6 Å². The molecule has 0 fully saturated rings. The minimum absolute atomic E-state index is 0.0494. The third-order valence-corrected chi connectivity index (χ3v) is 4.22. The van der Waals surface area contributed by atoms with Crippen LogP contribution in [0.2, 0.25) is 0 Å². The summed E-state index contributed by atoms with van der Waals surface area (Å²) in [5.41, 5.74) is 5.00. The van der Waals surface area contributed by atoms with Crippen LogP contribution in [0.3, 0.4) is 0 Å². The van der Waals surface area contributed by atoms with E-state index in [0.29, 0.717) is 28.2 Å². The molecule has 0 unspecified atom stereocenters. The maximum atomic E-state index is 12.5. The first-order valence-corrected chi connectivity index (χ1v) is 8.39. The number of amides is 1. The third-order valence-electron chi connectivity index (χ3n) is 4.22. The number of Topliss-reactive ketones (excluding diaryl/α,β-unsaturated/α-hetero) is 1. The van der Waals surface area contributed by atoms with Gasteiger partial charge in [-0.05, 0) is 62.7 Å². The van der Waals surface area contributed by atoms with Crippen molar-refractivity contribution in [2.24, 2.45) is 0 Å². The Balaban J connectivity index is 1.72. The SMILES string of the molecule is CC(=O)c1c(C)[nH]c(C(=O)Nc2ccc(Nc3ccccc3)cc2)c1C. The zero-order valence-electron chi connectivity index (χ0n) is 15.0. The first-order valence-electron chi connectivity index (χ1n) is 8.39. The molecule has 1 aromatic heterocycles. The van der Waals surface area contributed by atoms with E-state index in [1.165, 1.54) is 6.92 Å². The predicted molar refractivity (Wildman–Crippen MR) is 104 cm³/mol. The Kier molecular flexibility index (Phi) is 4.89. The summed E-state index contributed by atoms with van der Waals surface area (Å²) in [6.07, 6.45) is 0. The molecular weight excluding hydrogens is 326 g/mol. The molecule has 0 atom stereocenters. The van der Waals surface area contributed by atoms with Gasteiger partial charge in [0.1, 0.15) is 5.69 Å². The molecule has 0 radical (unpaired) electrons. The average molecular weight is 347 g/mol. The van der Waals surface area contributed by atoms with Gasteiger partial charge in [0.25, 0.3) is 5.91 Å². The van der Waals surface area contributed by atoms with Crippen LogP contribution in [0.5, 0.6) is 0 Å². The predicted octanol–water partition coefficient (Wildman–Crippen LogP) is 4.83. The van der Waals surface area contributed by atoms with Crippen LogP contribution in [-0.2, 0) is 0 Å². The second-order valence-corrected chi connectivity index (χ2v) is 6.20. The van der Waals surface area contributed by atoms with Gasteiger partial charge in [0.2, 0.25) is 0 Å². The van der Waals surface area contributed by atoms with Crippen molar-refractivity contribution < 1.29 is 9.59 Å². The highest BCUT2D eigenvalue weighted by molar-refractivity contribution is 6.07. The molecule has 132 valence electrons. The van der Waals surface area contributed by atoms with Gasteiger partial charge in [0, 0.05) is 28.3 Å². The summed E-state index contributed by atoms with van der Waals surface area (Å²) in [4.78, 5) is 27.3. The Morgan fingerprint density at radius 1 is 0.846 bits per heavy atom. The van der Waals surface area contributed by atoms with Crippen LogP contribution in [0, 0.1) is 13.8 Å². The highest BCUT2D eigenvalue weighted by Gasteiger charge is 2.19. The van der Waals surface area contributed by atoms with Gasteiger partial charge in [-0.3, -0.25) is 9.59 Å². The van der Waals surface area contributed by atoms with E-state index in [0.717, 1.165) is 11.4 Å². The minimum atomic E-state index is -0.262. The number of benzene rings is 2. The lowest BCUT2D eigenvalue weighted by molar-refractivity contribution is 0.101. The van der Waals surface area contributed by atoms with E-state index in [1.54, 1.807) is 13.8 Å². The number of para-hydroxylation sites is 1. The third kappa shape index (κ3) is 3.67. The number of aromatic nitrogens is 1. The molecule has 3 N–H and O–H groups in total. The van der Waals surface area contributed by atoms with Crippen molar-refractivity contribution in [3.63, 3.8) is 0 Å². The monoisotopic (exact) mass is 347 g/mol. The highest BCUT2D eigenvalue weighted by Crippen LogP contribution is 2.21. The Bertz CT molecular complexity index is 941. The van der Waals surface area contributed by atoms with E-state index in [1.807, 2.05) is 54.6 Å². The van der Waals surface area contributed by atoms with Gasteiger partial charge in [-0.15, -0.1) is 0 Å². The number of hydrogen-bond acceptors (Lipinski definition) is 3. The van der Waals surface area contributed by atoms with E-state index in [-0.39, 0.29) is 11.7 Å². The van der Waals surface area contributed by atoms with Crippen molar-refractivity contribution in [1.82, 2.24) is 4.98 Å². The molecule has 0 aliphatic carbocycles. The van der Waals surface area contributed by atoms with E-state index >= 15 is 0 Å². The second-order valence-electron chi connectivity index (χ2n) is 6.20. The fourth-order valence-electron chi connectivity index (χ4n) is 3.02. The number of aryl methyl sites for hydroxylation is 1. The normalized spacial score (nSPS) is 10.4. The number of H-pyrrole nitrogens is 1. The van der Waals surface area contributed by atoms with Crippen LogP contribution in [0.4, 0.5) is 17.1 Å². The average Bonchev–Trinajstić information content (AvgIpc) is 2.92. The molecule has 5 heteroatoms. The highest BCUT2D eigenvalue weighted by atomic mass is 16.2. The smallest absolute Gasteiger partial charge is 0.272 e. The molecule has 5 nitrogen and oxygen atoms in total. The van der Waals surface area contributed by atoms with Crippen LogP contribution in [-0.4, -0.2) is 16.7 Å². The van der Waals surface area contributed by atoms with Crippen molar-refractivity contribution in [2.45, 2.75) is 20.8 Å². The zero-order chi connectivity index (χ0) is 18.7. The Morgan fingerprint density at radius 3 is 2.00 bits per heavy atom. The number of ketones is 1. The van der Waals surface area contributed by atoms with E-state index in [2.05, 4.69) is 15.6 Å². The molecule has 0 bridgehead atoms. The Morgan fingerprint density at radius 2 is 1.42 bits per heavy atom. The molecule has 3 aromatic rings. The lowest BCUT2D eigenvalue weighted by Gasteiger charge is -2.08. The summed E-state index contributed by atoms with van der Waals surface area (Å²) in [6, 6.07) is 17.3. The second kappa shape index (κ2) is 7.27. The van der Waals surface area contributed by atoms with Gasteiger partial charge in [-0.25, -0.2) is 0 Å². The van der Waals surface area contributed by atoms with Gasteiger partial charge in [0.05, 0.1) is 0 Å². The molecule has 0 spiro atoms. The summed E-state index contributed by atoms with van der Waals surface area (Å²) in [5.74, 6) is -0.312. The van der Waals surface area contributed by atoms with Crippen LogP contribution in [0.1, 0.15) is 39.0 Å². The topological polar surface area (TPSA) is 74.0 Å². The molecule has 0 aliphatic heterocycles. The number of anilines is 3. The maximum Gasteiger partial charge on any atom is 0.272 e. The van der Waals surface area contributed by atoms with Crippen LogP contribution < -0.4 is 10.6 Å². The molecule has 0 saturated heterocycles. The lowest BCUT2D eigenvalue weighted by Crippen LogP contribution is -2.13. The van der Waals surface area contributed by atoms with Gasteiger partial charge >= 0.3 is 0 Å². The van der Waals surface area contributed by atoms with Gasteiger partial charge < -0.3 is 15.6 Å². The minimum Gasteiger partial charge on any atom is -0.356 e. The fraction of sp³-hybridized carbons (Fsp3) is 0.143. The van der Waals surface area contributed by atoms with Gasteiger partial charge in [0.15, 0.2) is 5.78 Å². The largest absolute Gasteiger partial charge is 0.356 e.